The minimum atomic E-state index is -4.36. The fourth-order valence-electron chi connectivity index (χ4n) is 1.68. The Balaban J connectivity index is 2.23. The molecule has 1 saturated heterocycles. The summed E-state index contributed by atoms with van der Waals surface area (Å²) in [5.41, 5.74) is -1.59. The molecule has 1 N–H and O–H groups in total. The lowest BCUT2D eigenvalue weighted by molar-refractivity contribution is -0.137. The third-order valence-electron chi connectivity index (χ3n) is 3.54. The molecule has 3 nitrogen and oxygen atoms in total. The zero-order valence-corrected chi connectivity index (χ0v) is 10.7. The summed E-state index contributed by atoms with van der Waals surface area (Å²) in [5, 5.41) is 0. The lowest BCUT2D eigenvalue weighted by Gasteiger charge is -2.32. The predicted molar refractivity (Wildman–Crippen MR) is 61.5 cm³/mol. The van der Waals surface area contributed by atoms with E-state index in [0.717, 1.165) is 12.3 Å². The first-order valence-corrected chi connectivity index (χ1v) is 5.64. The van der Waals surface area contributed by atoms with E-state index < -0.39 is 30.1 Å². The number of nitrogens with one attached hydrogen (secondary N) is 1. The summed E-state index contributed by atoms with van der Waals surface area (Å²) in [6.45, 7) is 7.39. The smallest absolute Gasteiger partial charge is 0.398 e. The monoisotopic (exact) mass is 261 g/mol. The number of rotatable bonds is 1. The molecule has 1 aliphatic heterocycles. The highest BCUT2D eigenvalue weighted by atomic mass is 19.4. The van der Waals surface area contributed by atoms with Crippen molar-refractivity contribution in [1.29, 1.82) is 0 Å². The number of H-pyrrole nitrogens is 1. The highest BCUT2D eigenvalue weighted by Gasteiger charge is 2.52. The van der Waals surface area contributed by atoms with Gasteiger partial charge in [0, 0.05) is 11.8 Å². The van der Waals surface area contributed by atoms with Crippen molar-refractivity contribution in [3.05, 3.63) is 17.8 Å². The highest BCUT2D eigenvalue weighted by molar-refractivity contribution is 6.61. The van der Waals surface area contributed by atoms with Gasteiger partial charge in [-0.25, -0.2) is 0 Å². The standard InChI is InChI=1S/C11H15BF3NO2/c1-9(2)10(3,4)18-12(17-9)8-5-7(6-16-8)11(13,14)15/h5-6,16H,1-4H3. The molecule has 1 aliphatic rings. The van der Waals surface area contributed by atoms with E-state index in [0.29, 0.717) is 0 Å². The van der Waals surface area contributed by atoms with E-state index in [9.17, 15) is 13.2 Å². The van der Waals surface area contributed by atoms with Crippen LogP contribution in [0.25, 0.3) is 0 Å². The molecule has 0 unspecified atom stereocenters. The zero-order valence-electron chi connectivity index (χ0n) is 10.7. The number of hydrogen-bond donors (Lipinski definition) is 1. The average Bonchev–Trinajstić information content (AvgIpc) is 2.69. The molecule has 7 heteroatoms. The number of halogens is 3. The van der Waals surface area contributed by atoms with Gasteiger partial charge in [-0.1, -0.05) is 0 Å². The van der Waals surface area contributed by atoms with Crippen molar-refractivity contribution in [2.24, 2.45) is 0 Å². The largest absolute Gasteiger partial charge is 0.512 e. The van der Waals surface area contributed by atoms with Crippen molar-refractivity contribution < 1.29 is 22.5 Å². The number of aromatic nitrogens is 1. The first-order chi connectivity index (χ1) is 8.03. The molecule has 0 atom stereocenters. The Morgan fingerprint density at radius 2 is 1.61 bits per heavy atom. The van der Waals surface area contributed by atoms with E-state index in [1.807, 2.05) is 27.7 Å². The van der Waals surface area contributed by atoms with Crippen LogP contribution in [-0.2, 0) is 15.5 Å². The first-order valence-electron chi connectivity index (χ1n) is 5.64. The van der Waals surface area contributed by atoms with E-state index in [4.69, 9.17) is 9.31 Å². The summed E-state index contributed by atoms with van der Waals surface area (Å²) in [4.78, 5) is 2.56. The maximum absolute atomic E-state index is 12.5. The lowest BCUT2D eigenvalue weighted by atomic mass is 9.85. The second-order valence-electron chi connectivity index (χ2n) is 5.43. The van der Waals surface area contributed by atoms with Gasteiger partial charge in [0.15, 0.2) is 0 Å². The Hall–Kier alpha value is -0.945. The molecule has 2 heterocycles. The van der Waals surface area contributed by atoms with Gasteiger partial charge >= 0.3 is 13.3 Å². The quantitative estimate of drug-likeness (QED) is 0.787. The van der Waals surface area contributed by atoms with Crippen LogP contribution in [0.4, 0.5) is 13.2 Å². The Bertz CT molecular complexity index is 437. The molecular weight excluding hydrogens is 246 g/mol. The fourth-order valence-corrected chi connectivity index (χ4v) is 1.68. The van der Waals surface area contributed by atoms with E-state index in [-0.39, 0.29) is 5.59 Å². The van der Waals surface area contributed by atoms with Crippen LogP contribution in [0.2, 0.25) is 0 Å². The number of alkyl halides is 3. The molecule has 0 aliphatic carbocycles. The number of hydrogen-bond acceptors (Lipinski definition) is 2. The Morgan fingerprint density at radius 1 is 1.11 bits per heavy atom. The summed E-state index contributed by atoms with van der Waals surface area (Å²) in [5.74, 6) is 0. The van der Waals surface area contributed by atoms with Gasteiger partial charge in [0.1, 0.15) is 0 Å². The molecule has 1 fully saturated rings. The van der Waals surface area contributed by atoms with Crippen LogP contribution < -0.4 is 5.59 Å². The van der Waals surface area contributed by atoms with Crippen molar-refractivity contribution >= 4 is 12.7 Å². The van der Waals surface area contributed by atoms with E-state index >= 15 is 0 Å². The molecule has 0 spiro atoms. The van der Waals surface area contributed by atoms with E-state index in [1.54, 1.807) is 0 Å². The zero-order chi connectivity index (χ0) is 13.8. The van der Waals surface area contributed by atoms with Crippen molar-refractivity contribution in [2.75, 3.05) is 0 Å². The molecule has 18 heavy (non-hydrogen) atoms. The Labute approximate surface area is 104 Å². The highest BCUT2D eigenvalue weighted by Crippen LogP contribution is 2.36. The van der Waals surface area contributed by atoms with Gasteiger partial charge in [-0.2, -0.15) is 13.2 Å². The number of aromatic amines is 1. The molecule has 0 saturated carbocycles. The molecular formula is C11H15BF3NO2. The Kier molecular flexibility index (Phi) is 2.83. The van der Waals surface area contributed by atoms with Gasteiger partial charge in [0.05, 0.1) is 16.8 Å². The minimum Gasteiger partial charge on any atom is -0.398 e. The molecule has 0 radical (unpaired) electrons. The molecule has 1 aromatic heterocycles. The first kappa shape index (κ1) is 13.5. The second kappa shape index (κ2) is 3.77. The van der Waals surface area contributed by atoms with Gasteiger partial charge < -0.3 is 14.3 Å². The summed E-state index contributed by atoms with van der Waals surface area (Å²) in [6, 6.07) is 1.02. The average molecular weight is 261 g/mol. The normalized spacial score (nSPS) is 22.5. The van der Waals surface area contributed by atoms with Crippen LogP contribution in [0.15, 0.2) is 12.3 Å². The van der Waals surface area contributed by atoms with Crippen LogP contribution in [0.1, 0.15) is 33.3 Å². The molecule has 0 aromatic carbocycles. The van der Waals surface area contributed by atoms with Crippen molar-refractivity contribution in [3.8, 4) is 0 Å². The van der Waals surface area contributed by atoms with Crippen molar-refractivity contribution in [2.45, 2.75) is 45.1 Å². The SMILES string of the molecule is CC1(C)OB(c2cc(C(F)(F)F)c[nH]2)OC1(C)C. The van der Waals surface area contributed by atoms with Crippen molar-refractivity contribution in [1.82, 2.24) is 4.98 Å². The van der Waals surface area contributed by atoms with Gasteiger partial charge in [-0.05, 0) is 33.8 Å². The molecule has 100 valence electrons. The second-order valence-corrected chi connectivity index (χ2v) is 5.43. The molecule has 0 amide bonds. The predicted octanol–water partition coefficient (Wildman–Crippen LogP) is 2.33. The van der Waals surface area contributed by atoms with Crippen LogP contribution in [0.5, 0.6) is 0 Å². The van der Waals surface area contributed by atoms with Gasteiger partial charge in [-0.3, -0.25) is 0 Å². The van der Waals surface area contributed by atoms with Crippen molar-refractivity contribution in [3.63, 3.8) is 0 Å². The Morgan fingerprint density at radius 3 is 2.00 bits per heavy atom. The lowest BCUT2D eigenvalue weighted by Crippen LogP contribution is -2.41. The van der Waals surface area contributed by atoms with Crippen LogP contribution in [0.3, 0.4) is 0 Å². The van der Waals surface area contributed by atoms with Gasteiger partial charge in [0.2, 0.25) is 0 Å². The van der Waals surface area contributed by atoms with Crippen LogP contribution in [-0.4, -0.2) is 23.3 Å². The summed E-state index contributed by atoms with van der Waals surface area (Å²) in [6.07, 6.45) is -3.45. The molecule has 2 rings (SSSR count). The maximum atomic E-state index is 12.5. The minimum absolute atomic E-state index is 0.279. The summed E-state index contributed by atoms with van der Waals surface area (Å²) in [7, 11) is -0.800. The topological polar surface area (TPSA) is 34.2 Å². The fraction of sp³-hybridized carbons (Fsp3) is 0.636. The summed E-state index contributed by atoms with van der Waals surface area (Å²) < 4.78 is 48.8. The maximum Gasteiger partial charge on any atom is 0.512 e. The van der Waals surface area contributed by atoms with Gasteiger partial charge in [0.25, 0.3) is 0 Å². The van der Waals surface area contributed by atoms with Crippen LogP contribution in [0, 0.1) is 0 Å². The molecule has 1 aromatic rings. The summed E-state index contributed by atoms with van der Waals surface area (Å²) >= 11 is 0. The van der Waals surface area contributed by atoms with E-state index in [2.05, 4.69) is 4.98 Å². The van der Waals surface area contributed by atoms with Crippen LogP contribution >= 0.6 is 0 Å². The molecule has 0 bridgehead atoms. The van der Waals surface area contributed by atoms with Gasteiger partial charge in [-0.15, -0.1) is 0 Å². The van der Waals surface area contributed by atoms with E-state index in [1.165, 1.54) is 0 Å². The third-order valence-corrected chi connectivity index (χ3v) is 3.54. The third kappa shape index (κ3) is 2.17.